The van der Waals surface area contributed by atoms with Gasteiger partial charge in [0, 0.05) is 13.2 Å². The topological polar surface area (TPSA) is 67.4 Å². The van der Waals surface area contributed by atoms with E-state index in [4.69, 9.17) is 4.74 Å². The van der Waals surface area contributed by atoms with Crippen molar-refractivity contribution in [3.63, 3.8) is 0 Å². The first-order valence-electron chi connectivity index (χ1n) is 9.98. The molecule has 1 heterocycles. The summed E-state index contributed by atoms with van der Waals surface area (Å²) in [6.07, 6.45) is 0.688. The van der Waals surface area contributed by atoms with Crippen LogP contribution in [0.5, 0.6) is 0 Å². The van der Waals surface area contributed by atoms with Gasteiger partial charge in [0.05, 0.1) is 11.0 Å². The molecule has 2 N–H and O–H groups in total. The molecule has 0 saturated carbocycles. The molecule has 0 aliphatic heterocycles. The third-order valence-corrected chi connectivity index (χ3v) is 5.54. The van der Waals surface area contributed by atoms with Gasteiger partial charge in [-0.05, 0) is 35.9 Å². The Hall–Kier alpha value is -2.96. The number of hydrogen-bond donors (Lipinski definition) is 2. The van der Waals surface area contributed by atoms with Crippen LogP contribution in [0, 0.1) is 0 Å². The van der Waals surface area contributed by atoms with Gasteiger partial charge in [-0.1, -0.05) is 66.7 Å². The van der Waals surface area contributed by atoms with E-state index in [1.807, 2.05) is 79.0 Å². The molecule has 3 rings (SSSR count). The average Bonchev–Trinajstić information content (AvgIpc) is 3.33. The summed E-state index contributed by atoms with van der Waals surface area (Å²) in [5.74, 6) is -0.490. The highest BCUT2D eigenvalue weighted by atomic mass is 32.1. The maximum Gasteiger partial charge on any atom is 0.262 e. The number of thiophene rings is 1. The number of rotatable bonds is 10. The fourth-order valence-electron chi connectivity index (χ4n) is 3.02. The molecule has 2 amide bonds. The van der Waals surface area contributed by atoms with Gasteiger partial charge in [0.25, 0.3) is 5.91 Å². The molecule has 1 aromatic heterocycles. The summed E-state index contributed by atoms with van der Waals surface area (Å²) >= 11 is 1.34. The van der Waals surface area contributed by atoms with E-state index in [9.17, 15) is 9.59 Å². The van der Waals surface area contributed by atoms with Gasteiger partial charge in [0.2, 0.25) is 5.91 Å². The Morgan fingerprint density at radius 2 is 1.60 bits per heavy atom. The van der Waals surface area contributed by atoms with Crippen molar-refractivity contribution in [2.75, 3.05) is 13.2 Å². The predicted octanol–water partition coefficient (Wildman–Crippen LogP) is 4.50. The molecular weight excluding hydrogens is 396 g/mol. The fourth-order valence-corrected chi connectivity index (χ4v) is 3.65. The first-order chi connectivity index (χ1) is 14.6. The second-order valence-electron chi connectivity index (χ2n) is 6.86. The average molecular weight is 423 g/mol. The molecule has 0 saturated heterocycles. The molecule has 0 aliphatic carbocycles. The molecule has 0 aliphatic rings. The van der Waals surface area contributed by atoms with E-state index >= 15 is 0 Å². The second-order valence-corrected chi connectivity index (χ2v) is 7.81. The van der Waals surface area contributed by atoms with Gasteiger partial charge in [-0.2, -0.15) is 0 Å². The van der Waals surface area contributed by atoms with Crippen molar-refractivity contribution in [3.05, 3.63) is 94.2 Å². The lowest BCUT2D eigenvalue weighted by atomic mass is 10.1. The highest BCUT2D eigenvalue weighted by Crippen LogP contribution is 2.17. The number of benzene rings is 2. The van der Waals surface area contributed by atoms with Crippen LogP contribution in [0.1, 0.15) is 46.3 Å². The zero-order chi connectivity index (χ0) is 21.2. The van der Waals surface area contributed by atoms with Crippen LogP contribution in [0.4, 0.5) is 0 Å². The Morgan fingerprint density at radius 1 is 0.933 bits per heavy atom. The standard InChI is InChI=1S/C24H26N2O3S/c1-18(19-10-4-2-5-11-19)29-16-9-15-25-24(28)22(20-12-6-3-7-13-20)26-23(27)21-14-8-17-30-21/h2-8,10-14,17-18,22H,9,15-16H2,1H3,(H,25,28)(H,26,27)/t18-,22+/m1/s1. The number of amides is 2. The van der Waals surface area contributed by atoms with E-state index in [0.717, 1.165) is 11.1 Å². The number of hydrogen-bond acceptors (Lipinski definition) is 4. The lowest BCUT2D eigenvalue weighted by Crippen LogP contribution is -2.40. The minimum atomic E-state index is -0.745. The van der Waals surface area contributed by atoms with E-state index in [1.54, 1.807) is 6.07 Å². The molecular formula is C24H26N2O3S. The Labute approximate surface area is 181 Å². The van der Waals surface area contributed by atoms with Gasteiger partial charge < -0.3 is 15.4 Å². The van der Waals surface area contributed by atoms with E-state index < -0.39 is 6.04 Å². The van der Waals surface area contributed by atoms with E-state index in [-0.39, 0.29) is 17.9 Å². The van der Waals surface area contributed by atoms with Gasteiger partial charge in [0.15, 0.2) is 0 Å². The third kappa shape index (κ3) is 6.27. The normalized spacial score (nSPS) is 12.7. The van der Waals surface area contributed by atoms with Gasteiger partial charge in [-0.15, -0.1) is 11.3 Å². The molecule has 0 unspecified atom stereocenters. The maximum atomic E-state index is 12.8. The third-order valence-electron chi connectivity index (χ3n) is 4.67. The molecule has 3 aromatic rings. The second kappa shape index (κ2) is 11.3. The van der Waals surface area contributed by atoms with Crippen molar-refractivity contribution in [1.82, 2.24) is 10.6 Å². The zero-order valence-corrected chi connectivity index (χ0v) is 17.7. The van der Waals surface area contributed by atoms with Gasteiger partial charge in [-0.25, -0.2) is 0 Å². The number of carbonyl (C=O) groups is 2. The Bertz CT molecular complexity index is 914. The molecule has 30 heavy (non-hydrogen) atoms. The Morgan fingerprint density at radius 3 is 2.23 bits per heavy atom. The van der Waals surface area contributed by atoms with Crippen molar-refractivity contribution < 1.29 is 14.3 Å². The van der Waals surface area contributed by atoms with Crippen LogP contribution < -0.4 is 10.6 Å². The first kappa shape index (κ1) is 21.7. The van der Waals surface area contributed by atoms with E-state index in [1.165, 1.54) is 11.3 Å². The molecule has 0 spiro atoms. The summed E-state index contributed by atoms with van der Waals surface area (Å²) in [4.78, 5) is 25.9. The van der Waals surface area contributed by atoms with Crippen molar-refractivity contribution in [2.24, 2.45) is 0 Å². The summed E-state index contributed by atoms with van der Waals surface area (Å²) < 4.78 is 5.85. The fraction of sp³-hybridized carbons (Fsp3) is 0.250. The zero-order valence-electron chi connectivity index (χ0n) is 16.9. The number of ether oxygens (including phenoxy) is 1. The van der Waals surface area contributed by atoms with E-state index in [2.05, 4.69) is 10.6 Å². The van der Waals surface area contributed by atoms with Crippen molar-refractivity contribution in [1.29, 1.82) is 0 Å². The van der Waals surface area contributed by atoms with Gasteiger partial charge in [0.1, 0.15) is 6.04 Å². The quantitative estimate of drug-likeness (QED) is 0.473. The molecule has 0 bridgehead atoms. The van der Waals surface area contributed by atoms with Crippen LogP contribution in [0.2, 0.25) is 0 Å². The van der Waals surface area contributed by atoms with Crippen LogP contribution in [-0.2, 0) is 9.53 Å². The summed E-state index contributed by atoms with van der Waals surface area (Å²) in [6.45, 7) is 3.02. The number of carbonyl (C=O) groups excluding carboxylic acids is 2. The molecule has 2 aromatic carbocycles. The summed E-state index contributed by atoms with van der Waals surface area (Å²) in [5.41, 5.74) is 1.87. The van der Waals surface area contributed by atoms with Crippen molar-refractivity contribution in [2.45, 2.75) is 25.5 Å². The first-order valence-corrected chi connectivity index (χ1v) is 10.9. The van der Waals surface area contributed by atoms with E-state index in [0.29, 0.717) is 24.4 Å². The van der Waals surface area contributed by atoms with Crippen LogP contribution in [-0.4, -0.2) is 25.0 Å². The van der Waals surface area contributed by atoms with Gasteiger partial charge in [-0.3, -0.25) is 9.59 Å². The maximum absolute atomic E-state index is 12.8. The largest absolute Gasteiger partial charge is 0.374 e. The van der Waals surface area contributed by atoms with Gasteiger partial charge >= 0.3 is 0 Å². The van der Waals surface area contributed by atoms with Crippen LogP contribution >= 0.6 is 11.3 Å². The molecule has 0 radical (unpaired) electrons. The van der Waals surface area contributed by atoms with Crippen molar-refractivity contribution >= 4 is 23.2 Å². The lowest BCUT2D eigenvalue weighted by Gasteiger charge is -2.19. The minimum absolute atomic E-state index is 0.00375. The summed E-state index contributed by atoms with van der Waals surface area (Å²) in [5, 5.41) is 7.60. The molecule has 6 heteroatoms. The van der Waals surface area contributed by atoms with Crippen molar-refractivity contribution in [3.8, 4) is 0 Å². The number of nitrogens with one attached hydrogen (secondary N) is 2. The molecule has 5 nitrogen and oxygen atoms in total. The molecule has 2 atom stereocenters. The van der Waals surface area contributed by atoms with Crippen LogP contribution in [0.15, 0.2) is 78.2 Å². The minimum Gasteiger partial charge on any atom is -0.374 e. The highest BCUT2D eigenvalue weighted by molar-refractivity contribution is 7.12. The Balaban J connectivity index is 1.50. The smallest absolute Gasteiger partial charge is 0.262 e. The highest BCUT2D eigenvalue weighted by Gasteiger charge is 2.23. The molecule has 0 fully saturated rings. The van der Waals surface area contributed by atoms with Crippen LogP contribution in [0.25, 0.3) is 0 Å². The summed E-state index contributed by atoms with van der Waals surface area (Å²) in [6, 6.07) is 22.1. The lowest BCUT2D eigenvalue weighted by molar-refractivity contribution is -0.123. The monoisotopic (exact) mass is 422 g/mol. The summed E-state index contributed by atoms with van der Waals surface area (Å²) in [7, 11) is 0. The Kier molecular flexibility index (Phi) is 8.18. The predicted molar refractivity (Wildman–Crippen MR) is 119 cm³/mol. The van der Waals surface area contributed by atoms with Crippen LogP contribution in [0.3, 0.4) is 0 Å². The molecule has 156 valence electrons. The SMILES string of the molecule is C[C@@H](OCCCNC(=O)[C@@H](NC(=O)c1cccs1)c1ccccc1)c1ccccc1.